The number of halogens is 1. The molecule has 0 aliphatic heterocycles. The number of hydrogen-bond donors (Lipinski definition) is 1. The number of nitrogens with zero attached hydrogens (tertiary/aromatic N) is 4. The van der Waals surface area contributed by atoms with E-state index >= 15 is 0 Å². The average Bonchev–Trinajstić information content (AvgIpc) is 3.38. The summed E-state index contributed by atoms with van der Waals surface area (Å²) in [4.78, 5) is 17.3. The van der Waals surface area contributed by atoms with Crippen molar-refractivity contribution in [1.29, 1.82) is 0 Å². The molecule has 0 fully saturated rings. The molecule has 1 aromatic carbocycles. The Morgan fingerprint density at radius 3 is 2.72 bits per heavy atom. The molecule has 0 unspecified atom stereocenters. The van der Waals surface area contributed by atoms with Crippen LogP contribution in [0.1, 0.15) is 5.56 Å². The highest BCUT2D eigenvalue weighted by Gasteiger charge is 2.14. The maximum Gasteiger partial charge on any atom is 0.334 e. The van der Waals surface area contributed by atoms with Gasteiger partial charge in [-0.2, -0.15) is 10.1 Å². The Labute approximate surface area is 165 Å². The molecule has 148 valence electrons. The summed E-state index contributed by atoms with van der Waals surface area (Å²) >= 11 is 0. The highest BCUT2D eigenvalue weighted by atomic mass is 19.1. The van der Waals surface area contributed by atoms with Crippen molar-refractivity contribution in [3.63, 3.8) is 0 Å². The highest BCUT2D eigenvalue weighted by Crippen LogP contribution is 2.28. The fourth-order valence-corrected chi connectivity index (χ4v) is 3.10. The van der Waals surface area contributed by atoms with Crippen molar-refractivity contribution in [2.75, 3.05) is 14.2 Å². The number of imidazole rings is 1. The van der Waals surface area contributed by atoms with Gasteiger partial charge >= 0.3 is 5.69 Å². The number of benzene rings is 1. The maximum atomic E-state index is 13.6. The molecular weight excluding hydrogens is 377 g/mol. The number of rotatable bonds is 6. The Kier molecular flexibility index (Phi) is 4.86. The van der Waals surface area contributed by atoms with Gasteiger partial charge in [0.05, 0.1) is 27.0 Å². The number of aromatic nitrogens is 5. The van der Waals surface area contributed by atoms with Crippen molar-refractivity contribution in [2.45, 2.75) is 6.54 Å². The van der Waals surface area contributed by atoms with Crippen LogP contribution in [-0.2, 0) is 6.54 Å². The molecule has 0 radical (unpaired) electrons. The van der Waals surface area contributed by atoms with Crippen molar-refractivity contribution in [3.05, 3.63) is 77.0 Å². The summed E-state index contributed by atoms with van der Waals surface area (Å²) in [5.74, 6) is 0.893. The van der Waals surface area contributed by atoms with E-state index in [1.165, 1.54) is 41.6 Å². The fourth-order valence-electron chi connectivity index (χ4n) is 3.10. The molecule has 9 heteroatoms. The Morgan fingerprint density at radius 2 is 2.00 bits per heavy atom. The van der Waals surface area contributed by atoms with Crippen LogP contribution in [0.5, 0.6) is 11.6 Å². The van der Waals surface area contributed by atoms with Gasteiger partial charge in [-0.1, -0.05) is 0 Å². The van der Waals surface area contributed by atoms with E-state index in [-0.39, 0.29) is 12.2 Å². The van der Waals surface area contributed by atoms with Gasteiger partial charge in [0.15, 0.2) is 0 Å². The van der Waals surface area contributed by atoms with Crippen LogP contribution in [0.2, 0.25) is 0 Å². The van der Waals surface area contributed by atoms with Crippen molar-refractivity contribution >= 4 is 0 Å². The van der Waals surface area contributed by atoms with Gasteiger partial charge in [0, 0.05) is 35.3 Å². The third-order valence-corrected chi connectivity index (χ3v) is 4.53. The Hall–Kier alpha value is -3.88. The minimum absolute atomic E-state index is 0.164. The molecule has 29 heavy (non-hydrogen) atoms. The zero-order chi connectivity index (χ0) is 20.4. The SMILES string of the molecule is COc1ccc(F)cc1Cn1ccn(-c2ccc(-c3cn[nH]c3)c(OC)n2)c1=O. The lowest BCUT2D eigenvalue weighted by Gasteiger charge is -2.09. The summed E-state index contributed by atoms with van der Waals surface area (Å²) in [5.41, 5.74) is 1.82. The van der Waals surface area contributed by atoms with Crippen LogP contribution in [0, 0.1) is 5.82 Å². The Balaban J connectivity index is 1.69. The van der Waals surface area contributed by atoms with E-state index in [1.54, 1.807) is 30.9 Å². The van der Waals surface area contributed by atoms with Gasteiger partial charge in [-0.3, -0.25) is 14.2 Å². The van der Waals surface area contributed by atoms with Crippen molar-refractivity contribution in [3.8, 4) is 28.6 Å². The first kappa shape index (κ1) is 18.5. The molecule has 3 aromatic heterocycles. The third kappa shape index (κ3) is 3.49. The summed E-state index contributed by atoms with van der Waals surface area (Å²) in [6.07, 6.45) is 6.61. The number of pyridine rings is 1. The van der Waals surface area contributed by atoms with Gasteiger partial charge in [0.1, 0.15) is 17.4 Å². The van der Waals surface area contributed by atoms with Crippen LogP contribution >= 0.6 is 0 Å². The highest BCUT2D eigenvalue weighted by molar-refractivity contribution is 5.67. The first-order valence-corrected chi connectivity index (χ1v) is 8.75. The van der Waals surface area contributed by atoms with Gasteiger partial charge in [0.25, 0.3) is 0 Å². The van der Waals surface area contributed by atoms with E-state index < -0.39 is 5.82 Å². The molecule has 0 amide bonds. The number of H-pyrrole nitrogens is 1. The summed E-state index contributed by atoms with van der Waals surface area (Å²) in [6.45, 7) is 0.164. The van der Waals surface area contributed by atoms with Gasteiger partial charge < -0.3 is 9.47 Å². The molecule has 0 atom stereocenters. The number of ether oxygens (including phenoxy) is 2. The van der Waals surface area contributed by atoms with E-state index in [9.17, 15) is 9.18 Å². The smallest absolute Gasteiger partial charge is 0.334 e. The zero-order valence-electron chi connectivity index (χ0n) is 15.8. The summed E-state index contributed by atoms with van der Waals surface area (Å²) in [6, 6.07) is 7.73. The second-order valence-corrected chi connectivity index (χ2v) is 6.25. The molecule has 8 nitrogen and oxygen atoms in total. The van der Waals surface area contributed by atoms with Crippen LogP contribution < -0.4 is 15.2 Å². The van der Waals surface area contributed by atoms with E-state index in [0.717, 1.165) is 11.1 Å². The molecule has 4 aromatic rings. The number of nitrogens with one attached hydrogen (secondary N) is 1. The van der Waals surface area contributed by atoms with Crippen molar-refractivity contribution < 1.29 is 13.9 Å². The summed E-state index contributed by atoms with van der Waals surface area (Å²) in [5, 5.41) is 6.67. The molecular formula is C20H18FN5O3. The van der Waals surface area contributed by atoms with Gasteiger partial charge in [-0.15, -0.1) is 0 Å². The van der Waals surface area contributed by atoms with Gasteiger partial charge in [-0.25, -0.2) is 9.18 Å². The van der Waals surface area contributed by atoms with Crippen molar-refractivity contribution in [2.24, 2.45) is 0 Å². The monoisotopic (exact) mass is 395 g/mol. The van der Waals surface area contributed by atoms with E-state index in [4.69, 9.17) is 9.47 Å². The average molecular weight is 395 g/mol. The molecule has 0 bridgehead atoms. The molecule has 3 heterocycles. The predicted molar refractivity (Wildman–Crippen MR) is 104 cm³/mol. The second-order valence-electron chi connectivity index (χ2n) is 6.25. The first-order chi connectivity index (χ1) is 14.1. The van der Waals surface area contributed by atoms with Crippen molar-refractivity contribution in [1.82, 2.24) is 24.3 Å². The van der Waals surface area contributed by atoms with E-state index in [1.807, 2.05) is 6.07 Å². The predicted octanol–water partition coefficient (Wildman–Crippen LogP) is 2.63. The number of aromatic amines is 1. The minimum Gasteiger partial charge on any atom is -0.496 e. The lowest BCUT2D eigenvalue weighted by molar-refractivity contribution is 0.399. The first-order valence-electron chi connectivity index (χ1n) is 8.75. The summed E-state index contributed by atoms with van der Waals surface area (Å²) in [7, 11) is 3.02. The van der Waals surface area contributed by atoms with Gasteiger partial charge in [0.2, 0.25) is 5.88 Å². The Morgan fingerprint density at radius 1 is 1.14 bits per heavy atom. The molecule has 0 saturated heterocycles. The third-order valence-electron chi connectivity index (χ3n) is 4.53. The number of hydrogen-bond acceptors (Lipinski definition) is 5. The molecule has 0 aliphatic rings. The fraction of sp³-hybridized carbons (Fsp3) is 0.150. The lowest BCUT2D eigenvalue weighted by atomic mass is 10.1. The zero-order valence-corrected chi connectivity index (χ0v) is 15.8. The number of methoxy groups -OCH3 is 2. The largest absolute Gasteiger partial charge is 0.496 e. The second kappa shape index (κ2) is 7.63. The topological polar surface area (TPSA) is 87.0 Å². The minimum atomic E-state index is -0.394. The normalized spacial score (nSPS) is 10.9. The van der Waals surface area contributed by atoms with Crippen LogP contribution in [0.4, 0.5) is 4.39 Å². The van der Waals surface area contributed by atoms with E-state index in [0.29, 0.717) is 23.0 Å². The van der Waals surface area contributed by atoms with E-state index in [2.05, 4.69) is 15.2 Å². The molecule has 0 saturated carbocycles. The maximum absolute atomic E-state index is 13.6. The van der Waals surface area contributed by atoms with Gasteiger partial charge in [-0.05, 0) is 30.3 Å². The molecule has 1 N–H and O–H groups in total. The van der Waals surface area contributed by atoms with Crippen LogP contribution in [0.25, 0.3) is 16.9 Å². The lowest BCUT2D eigenvalue weighted by Crippen LogP contribution is -2.24. The molecule has 0 aliphatic carbocycles. The standard InChI is InChI=1S/C20H18FN5O3/c1-28-17-5-3-15(21)9-13(17)12-25-7-8-26(20(25)27)18-6-4-16(19(24-18)29-2)14-10-22-23-11-14/h3-11H,12H2,1-2H3,(H,22,23). The quantitative estimate of drug-likeness (QED) is 0.542. The summed E-state index contributed by atoms with van der Waals surface area (Å²) < 4.78 is 27.1. The Bertz CT molecular complexity index is 1200. The van der Waals surface area contributed by atoms with Crippen LogP contribution in [0.3, 0.4) is 0 Å². The van der Waals surface area contributed by atoms with Crippen LogP contribution in [0.15, 0.2) is 59.9 Å². The molecule has 0 spiro atoms. The molecule has 4 rings (SSSR count). The van der Waals surface area contributed by atoms with Crippen LogP contribution in [-0.4, -0.2) is 38.5 Å².